The minimum atomic E-state index is -0.0255. The van der Waals surface area contributed by atoms with Gasteiger partial charge in [0.25, 0.3) is 0 Å². The van der Waals surface area contributed by atoms with E-state index in [4.69, 9.17) is 9.84 Å². The number of amides is 2. The molecule has 9 heteroatoms. The first-order valence-corrected chi connectivity index (χ1v) is 14.0. The molecule has 3 aliphatic rings. The topological polar surface area (TPSA) is 83.3 Å². The Labute approximate surface area is 231 Å². The minimum Gasteiger partial charge on any atom is -0.381 e. The quantitative estimate of drug-likeness (QED) is 0.532. The smallest absolute Gasteiger partial charge is 0.227 e. The highest BCUT2D eigenvalue weighted by Gasteiger charge is 2.32. The van der Waals surface area contributed by atoms with Crippen LogP contribution in [0.25, 0.3) is 17.3 Å². The molecule has 0 saturated carbocycles. The molecule has 1 aromatic heterocycles. The van der Waals surface area contributed by atoms with Gasteiger partial charge >= 0.3 is 0 Å². The molecule has 3 aliphatic heterocycles. The first kappa shape index (κ1) is 27.1. The van der Waals surface area contributed by atoms with Crippen molar-refractivity contribution in [2.24, 2.45) is 10.9 Å². The van der Waals surface area contributed by atoms with Crippen LogP contribution in [0.5, 0.6) is 0 Å². The van der Waals surface area contributed by atoms with Crippen molar-refractivity contribution < 1.29 is 14.3 Å². The Morgan fingerprint density at radius 1 is 1.15 bits per heavy atom. The molecule has 0 bridgehead atoms. The highest BCUT2D eigenvalue weighted by Crippen LogP contribution is 2.36. The van der Waals surface area contributed by atoms with Crippen LogP contribution < -0.4 is 0 Å². The van der Waals surface area contributed by atoms with Gasteiger partial charge in [-0.25, -0.2) is 4.99 Å². The Morgan fingerprint density at radius 3 is 2.62 bits per heavy atom. The van der Waals surface area contributed by atoms with Crippen LogP contribution in [0.15, 0.2) is 29.0 Å². The number of hydrogen-bond donors (Lipinski definition) is 0. The monoisotopic (exact) mass is 532 g/mol. The molecule has 1 unspecified atom stereocenters. The number of rotatable bonds is 6. The maximum atomic E-state index is 12.5. The summed E-state index contributed by atoms with van der Waals surface area (Å²) in [5.74, 6) is 1.00. The van der Waals surface area contributed by atoms with E-state index in [-0.39, 0.29) is 17.7 Å². The van der Waals surface area contributed by atoms with Crippen molar-refractivity contribution in [3.63, 3.8) is 0 Å². The average Bonchev–Trinajstić information content (AvgIpc) is 3.58. The molecule has 5 rings (SSSR count). The molecule has 1 aromatic carbocycles. The third kappa shape index (κ3) is 5.37. The molecule has 0 spiro atoms. The van der Waals surface area contributed by atoms with Crippen LogP contribution in [0.1, 0.15) is 54.6 Å². The number of carbonyl (C=O) groups is 2. The SMILES string of the molecule is C=N/C(=C\c1cccc(-c2nn(C3CCOCC3)c3c2CN(C(C)=O)CC3)c1C)N1CCC(C(=O)N(C)C)C1. The number of carbonyl (C=O) groups excluding carboxylic acids is 2. The second-order valence-electron chi connectivity index (χ2n) is 11.1. The van der Waals surface area contributed by atoms with E-state index in [0.717, 1.165) is 85.8 Å². The fourth-order valence-corrected chi connectivity index (χ4v) is 6.14. The largest absolute Gasteiger partial charge is 0.381 e. The van der Waals surface area contributed by atoms with Crippen molar-refractivity contribution in [3.8, 4) is 11.3 Å². The summed E-state index contributed by atoms with van der Waals surface area (Å²) in [4.78, 5) is 34.9. The van der Waals surface area contributed by atoms with Gasteiger partial charge in [0.2, 0.25) is 11.8 Å². The Hall–Kier alpha value is -3.46. The predicted octanol–water partition coefficient (Wildman–Crippen LogP) is 3.52. The fourth-order valence-electron chi connectivity index (χ4n) is 6.14. The number of fused-ring (bicyclic) bond motifs is 1. The molecule has 2 aromatic rings. The molecule has 208 valence electrons. The number of aromatic nitrogens is 2. The molecule has 2 saturated heterocycles. The standard InChI is InChI=1S/C30H40N6O3/c1-20-22(17-28(31-3)35-13-9-23(18-35)30(38)33(4)5)7-6-8-25(20)29-26-19-34(21(2)37)14-10-27(26)36(32-29)24-11-15-39-16-12-24/h6-8,17,23-24H,3,9-16,18-19H2,1-2,4-5H3/b28-17+. The molecule has 39 heavy (non-hydrogen) atoms. The minimum absolute atomic E-state index is 0.0255. The van der Waals surface area contributed by atoms with Gasteiger partial charge in [0.1, 0.15) is 5.82 Å². The maximum Gasteiger partial charge on any atom is 0.227 e. The summed E-state index contributed by atoms with van der Waals surface area (Å²) in [6.45, 7) is 11.8. The van der Waals surface area contributed by atoms with Gasteiger partial charge in [0.15, 0.2) is 0 Å². The van der Waals surface area contributed by atoms with Crippen LogP contribution >= 0.6 is 0 Å². The Balaban J connectivity index is 1.50. The van der Waals surface area contributed by atoms with E-state index in [1.54, 1.807) is 25.9 Å². The normalized spacial score (nSPS) is 20.2. The number of benzene rings is 1. The zero-order valence-electron chi connectivity index (χ0n) is 23.7. The number of nitrogens with zero attached hydrogens (tertiary/aromatic N) is 6. The van der Waals surface area contributed by atoms with Crippen LogP contribution in [-0.2, 0) is 27.3 Å². The van der Waals surface area contributed by atoms with Crippen molar-refractivity contribution >= 4 is 24.6 Å². The predicted molar refractivity (Wildman–Crippen MR) is 152 cm³/mol. The third-order valence-corrected chi connectivity index (χ3v) is 8.45. The maximum absolute atomic E-state index is 12.5. The van der Waals surface area contributed by atoms with Gasteiger partial charge < -0.3 is 19.4 Å². The summed E-state index contributed by atoms with van der Waals surface area (Å²) in [6.07, 6.45) is 5.59. The summed E-state index contributed by atoms with van der Waals surface area (Å²) in [5.41, 5.74) is 6.59. The number of hydrogen-bond acceptors (Lipinski definition) is 6. The molecular weight excluding hydrogens is 492 g/mol. The fraction of sp³-hybridized carbons (Fsp3) is 0.533. The van der Waals surface area contributed by atoms with Crippen molar-refractivity contribution in [3.05, 3.63) is 46.4 Å². The molecule has 2 amide bonds. The molecule has 2 fully saturated rings. The van der Waals surface area contributed by atoms with Crippen LogP contribution in [0.3, 0.4) is 0 Å². The van der Waals surface area contributed by atoms with Crippen molar-refractivity contribution in [2.45, 2.75) is 52.1 Å². The summed E-state index contributed by atoms with van der Waals surface area (Å²) in [7, 11) is 3.61. The van der Waals surface area contributed by atoms with Crippen LogP contribution in [0, 0.1) is 12.8 Å². The highest BCUT2D eigenvalue weighted by atomic mass is 16.5. The second-order valence-corrected chi connectivity index (χ2v) is 11.1. The van der Waals surface area contributed by atoms with Crippen molar-refractivity contribution in [1.82, 2.24) is 24.5 Å². The van der Waals surface area contributed by atoms with E-state index >= 15 is 0 Å². The average molecular weight is 533 g/mol. The van der Waals surface area contributed by atoms with E-state index in [1.165, 1.54) is 5.69 Å². The number of aliphatic imine (C=N–C) groups is 1. The van der Waals surface area contributed by atoms with Crippen LogP contribution in [0.4, 0.5) is 0 Å². The van der Waals surface area contributed by atoms with E-state index in [0.29, 0.717) is 19.1 Å². The lowest BCUT2D eigenvalue weighted by molar-refractivity contribution is -0.132. The molecule has 0 N–H and O–H groups in total. The van der Waals surface area contributed by atoms with Crippen molar-refractivity contribution in [2.75, 3.05) is 46.9 Å². The Kier molecular flexibility index (Phi) is 7.88. The number of likely N-dealkylation sites (tertiary alicyclic amines) is 1. The lowest BCUT2D eigenvalue weighted by Crippen LogP contribution is -2.35. The summed E-state index contributed by atoms with van der Waals surface area (Å²) >= 11 is 0. The Bertz CT molecular complexity index is 1290. The van der Waals surface area contributed by atoms with E-state index in [9.17, 15) is 9.59 Å². The van der Waals surface area contributed by atoms with Gasteiger partial charge in [0, 0.05) is 83.7 Å². The molecule has 0 radical (unpaired) electrons. The molecule has 4 heterocycles. The van der Waals surface area contributed by atoms with Gasteiger partial charge in [-0.3, -0.25) is 14.3 Å². The van der Waals surface area contributed by atoms with Crippen LogP contribution in [0.2, 0.25) is 0 Å². The number of ether oxygens (including phenoxy) is 1. The molecule has 1 atom stereocenters. The third-order valence-electron chi connectivity index (χ3n) is 8.45. The van der Waals surface area contributed by atoms with Gasteiger partial charge in [-0.1, -0.05) is 18.2 Å². The second kappa shape index (κ2) is 11.3. The first-order chi connectivity index (χ1) is 18.8. The zero-order chi connectivity index (χ0) is 27.7. The van der Waals surface area contributed by atoms with Crippen LogP contribution in [-0.4, -0.2) is 90.0 Å². The van der Waals surface area contributed by atoms with Gasteiger partial charge in [-0.15, -0.1) is 0 Å². The van der Waals surface area contributed by atoms with E-state index in [2.05, 4.69) is 52.5 Å². The highest BCUT2D eigenvalue weighted by molar-refractivity contribution is 5.79. The zero-order valence-corrected chi connectivity index (χ0v) is 23.7. The Morgan fingerprint density at radius 2 is 1.92 bits per heavy atom. The lowest BCUT2D eigenvalue weighted by atomic mass is 9.95. The molecule has 0 aliphatic carbocycles. The lowest BCUT2D eigenvalue weighted by Gasteiger charge is -2.29. The summed E-state index contributed by atoms with van der Waals surface area (Å²) in [6, 6.07) is 6.59. The molecular formula is C30H40N6O3. The van der Waals surface area contributed by atoms with Crippen molar-refractivity contribution in [1.29, 1.82) is 0 Å². The first-order valence-electron chi connectivity index (χ1n) is 14.0. The van der Waals surface area contributed by atoms with E-state index < -0.39 is 0 Å². The van der Waals surface area contributed by atoms with Gasteiger partial charge in [-0.05, 0) is 50.1 Å². The summed E-state index contributed by atoms with van der Waals surface area (Å²) in [5, 5.41) is 5.22. The van der Waals surface area contributed by atoms with E-state index in [1.807, 2.05) is 4.90 Å². The van der Waals surface area contributed by atoms with Gasteiger partial charge in [-0.2, -0.15) is 5.10 Å². The molecule has 9 nitrogen and oxygen atoms in total. The van der Waals surface area contributed by atoms with Gasteiger partial charge in [0.05, 0.1) is 17.7 Å². The summed E-state index contributed by atoms with van der Waals surface area (Å²) < 4.78 is 7.85.